The van der Waals surface area contributed by atoms with Gasteiger partial charge in [0.05, 0.1) is 20.4 Å². The second-order valence-corrected chi connectivity index (χ2v) is 12.5. The minimum atomic E-state index is -2.33. The smallest absolute Gasteiger partial charge is 0.345 e. The second kappa shape index (κ2) is 10.8. The van der Waals surface area contributed by atoms with Gasteiger partial charge in [-0.25, -0.2) is 9.59 Å². The number of rotatable bonds is 7. The largest absolute Gasteiger partial charge is 0.465 e. The molecule has 0 aliphatic heterocycles. The lowest BCUT2D eigenvalue weighted by Gasteiger charge is -2.33. The maximum Gasteiger partial charge on any atom is 0.345 e. The number of hydrogen-bond acceptors (Lipinski definition) is 4. The molecule has 3 aromatic rings. The zero-order chi connectivity index (χ0) is 24.8. The van der Waals surface area contributed by atoms with Gasteiger partial charge in [0.1, 0.15) is 28.7 Å². The first-order chi connectivity index (χ1) is 16.3. The summed E-state index contributed by atoms with van der Waals surface area (Å²) in [6.45, 7) is 6.05. The van der Waals surface area contributed by atoms with Gasteiger partial charge in [-0.2, -0.15) is 0 Å². The molecule has 176 valence electrons. The van der Waals surface area contributed by atoms with Crippen molar-refractivity contribution in [3.05, 3.63) is 102 Å². The first kappa shape index (κ1) is 25.4. The van der Waals surface area contributed by atoms with E-state index in [1.807, 2.05) is 75.4 Å². The van der Waals surface area contributed by atoms with Crippen LogP contribution in [-0.4, -0.2) is 32.3 Å². The Morgan fingerprint density at radius 1 is 0.647 bits per heavy atom. The highest BCUT2D eigenvalue weighted by Gasteiger charge is 2.49. The molecule has 0 saturated carbocycles. The molecule has 0 atom stereocenters. The predicted octanol–water partition coefficient (Wildman–Crippen LogP) is 4.67. The summed E-state index contributed by atoms with van der Waals surface area (Å²) in [4.78, 5) is 25.9. The predicted molar refractivity (Wildman–Crippen MR) is 141 cm³/mol. The Bertz CT molecular complexity index is 1030. The summed E-state index contributed by atoms with van der Waals surface area (Å²) in [7, 11) is 0.249. The number of benzene rings is 3. The highest BCUT2D eigenvalue weighted by molar-refractivity contribution is 7.95. The van der Waals surface area contributed by atoms with Crippen LogP contribution in [0.2, 0.25) is 0 Å². The average Bonchev–Trinajstić information content (AvgIpc) is 2.87. The van der Waals surface area contributed by atoms with Crippen LogP contribution in [0.1, 0.15) is 20.8 Å². The van der Waals surface area contributed by atoms with E-state index in [1.165, 1.54) is 30.1 Å². The molecule has 0 saturated heterocycles. The Morgan fingerprint density at radius 2 is 0.971 bits per heavy atom. The summed E-state index contributed by atoms with van der Waals surface area (Å²) < 4.78 is 10.1. The molecular weight excluding hydrogens is 443 g/mol. The van der Waals surface area contributed by atoms with E-state index in [0.29, 0.717) is 6.16 Å². The number of methoxy groups -OCH3 is 2. The van der Waals surface area contributed by atoms with Crippen LogP contribution in [-0.2, 0) is 19.1 Å². The normalized spacial score (nSPS) is 11.4. The Morgan fingerprint density at radius 3 is 1.24 bits per heavy atom. The van der Waals surface area contributed by atoms with E-state index in [-0.39, 0.29) is 5.57 Å². The Hall–Kier alpha value is -3.23. The number of carbonyl (C=O) groups excluding carboxylic acids is 2. The van der Waals surface area contributed by atoms with Gasteiger partial charge in [-0.05, 0) is 47.4 Å². The molecule has 3 rings (SSSR count). The van der Waals surface area contributed by atoms with E-state index in [9.17, 15) is 9.59 Å². The van der Waals surface area contributed by atoms with Gasteiger partial charge in [-0.1, -0.05) is 75.4 Å². The van der Waals surface area contributed by atoms with Crippen LogP contribution < -0.4 is 15.9 Å². The SMILES string of the molecule is COC(=O)C(C(=O)OC)=C(C[P+](c1ccccc1)(c1ccccc1)c1ccccc1)C(C)(C)C. The summed E-state index contributed by atoms with van der Waals surface area (Å²) in [6.07, 6.45) is 0.494. The number of carbonyl (C=O) groups is 2. The van der Waals surface area contributed by atoms with Crippen LogP contribution in [0, 0.1) is 5.41 Å². The highest BCUT2D eigenvalue weighted by Crippen LogP contribution is 2.58. The van der Waals surface area contributed by atoms with Gasteiger partial charge in [0.2, 0.25) is 0 Å². The molecule has 0 aliphatic rings. The van der Waals surface area contributed by atoms with Crippen molar-refractivity contribution in [2.24, 2.45) is 5.41 Å². The minimum Gasteiger partial charge on any atom is -0.465 e. The van der Waals surface area contributed by atoms with E-state index in [2.05, 4.69) is 36.4 Å². The van der Waals surface area contributed by atoms with Crippen LogP contribution in [0.4, 0.5) is 0 Å². The molecule has 0 aliphatic carbocycles. The summed E-state index contributed by atoms with van der Waals surface area (Å²) in [5.41, 5.74) is 0.196. The van der Waals surface area contributed by atoms with Crippen molar-refractivity contribution < 1.29 is 19.1 Å². The molecule has 0 fully saturated rings. The highest BCUT2D eigenvalue weighted by atomic mass is 31.2. The Kier molecular flexibility index (Phi) is 8.06. The molecule has 4 nitrogen and oxygen atoms in total. The minimum absolute atomic E-state index is 0.0235. The summed E-state index contributed by atoms with van der Waals surface area (Å²) in [5, 5.41) is 3.51. The monoisotopic (exact) mass is 475 g/mol. The molecule has 0 unspecified atom stereocenters. The van der Waals surface area contributed by atoms with Crippen molar-refractivity contribution in [1.29, 1.82) is 0 Å². The van der Waals surface area contributed by atoms with Crippen LogP contribution in [0.15, 0.2) is 102 Å². The van der Waals surface area contributed by atoms with Gasteiger partial charge < -0.3 is 9.47 Å². The zero-order valence-corrected chi connectivity index (χ0v) is 21.3. The van der Waals surface area contributed by atoms with E-state index in [0.717, 1.165) is 5.57 Å². The fourth-order valence-electron chi connectivity index (χ4n) is 4.23. The standard InChI is InChI=1S/C29H32O4P/c1-29(2,3)25(26(27(30)32-4)28(31)33-5)21-34(22-15-9-6-10-16-22,23-17-11-7-12-18-23)24-19-13-8-14-20-24/h6-20H,21H2,1-5H3/q+1. The Labute approximate surface area is 203 Å². The van der Waals surface area contributed by atoms with E-state index >= 15 is 0 Å². The summed E-state index contributed by atoms with van der Waals surface area (Å²) in [6, 6.07) is 31.1. The lowest BCUT2D eigenvalue weighted by atomic mass is 9.84. The van der Waals surface area contributed by atoms with Gasteiger partial charge in [0.25, 0.3) is 0 Å². The van der Waals surface area contributed by atoms with Crippen molar-refractivity contribution in [2.75, 3.05) is 20.4 Å². The van der Waals surface area contributed by atoms with Gasteiger partial charge >= 0.3 is 11.9 Å². The maximum absolute atomic E-state index is 12.9. The summed E-state index contributed by atoms with van der Waals surface area (Å²) in [5.74, 6) is -1.35. The molecular formula is C29H32O4P+. The van der Waals surface area contributed by atoms with Gasteiger partial charge in [-0.15, -0.1) is 0 Å². The number of esters is 2. The lowest BCUT2D eigenvalue weighted by molar-refractivity contribution is -0.144. The van der Waals surface area contributed by atoms with Crippen molar-refractivity contribution in [3.8, 4) is 0 Å². The Balaban J connectivity index is 2.46. The lowest BCUT2D eigenvalue weighted by Crippen LogP contribution is -2.37. The molecule has 0 aromatic heterocycles. The molecule has 3 aromatic carbocycles. The second-order valence-electron chi connectivity index (χ2n) is 9.06. The first-order valence-electron chi connectivity index (χ1n) is 11.2. The van der Waals surface area contributed by atoms with E-state index in [4.69, 9.17) is 9.47 Å². The summed E-state index contributed by atoms with van der Waals surface area (Å²) >= 11 is 0. The molecule has 0 bridgehead atoms. The van der Waals surface area contributed by atoms with Gasteiger partial charge in [-0.3, -0.25) is 0 Å². The zero-order valence-electron chi connectivity index (χ0n) is 20.4. The average molecular weight is 476 g/mol. The van der Waals surface area contributed by atoms with Crippen LogP contribution in [0.3, 0.4) is 0 Å². The van der Waals surface area contributed by atoms with Crippen molar-refractivity contribution in [1.82, 2.24) is 0 Å². The third-order valence-electron chi connectivity index (χ3n) is 5.97. The molecule has 0 radical (unpaired) electrons. The maximum atomic E-state index is 12.9. The molecule has 0 heterocycles. The van der Waals surface area contributed by atoms with Gasteiger partial charge in [0.15, 0.2) is 0 Å². The third kappa shape index (κ3) is 5.13. The van der Waals surface area contributed by atoms with Crippen LogP contribution in [0.5, 0.6) is 0 Å². The number of ether oxygens (including phenoxy) is 2. The van der Waals surface area contributed by atoms with Crippen molar-refractivity contribution >= 4 is 35.1 Å². The van der Waals surface area contributed by atoms with E-state index < -0.39 is 24.6 Å². The fraction of sp³-hybridized carbons (Fsp3) is 0.241. The van der Waals surface area contributed by atoms with Crippen LogP contribution >= 0.6 is 7.26 Å². The van der Waals surface area contributed by atoms with E-state index in [1.54, 1.807) is 0 Å². The number of allylic oxidation sites excluding steroid dienone is 1. The molecule has 0 amide bonds. The first-order valence-corrected chi connectivity index (χ1v) is 13.2. The molecule has 5 heteroatoms. The quantitative estimate of drug-likeness (QED) is 0.164. The fourth-order valence-corrected chi connectivity index (χ4v) is 8.82. The molecule has 34 heavy (non-hydrogen) atoms. The topological polar surface area (TPSA) is 52.6 Å². The molecule has 0 N–H and O–H groups in total. The van der Waals surface area contributed by atoms with Crippen LogP contribution in [0.25, 0.3) is 0 Å². The van der Waals surface area contributed by atoms with Crippen molar-refractivity contribution in [2.45, 2.75) is 20.8 Å². The third-order valence-corrected chi connectivity index (χ3v) is 10.3. The van der Waals surface area contributed by atoms with Gasteiger partial charge in [0, 0.05) is 0 Å². The molecule has 0 spiro atoms. The van der Waals surface area contributed by atoms with Crippen molar-refractivity contribution in [3.63, 3.8) is 0 Å². The number of hydrogen-bond donors (Lipinski definition) is 0.